The number of hydrogen-bond donors (Lipinski definition) is 0. The van der Waals surface area contributed by atoms with Gasteiger partial charge in [0.25, 0.3) is 16.8 Å². The Bertz CT molecular complexity index is 941. The number of non-ortho nitro benzene ring substituents is 1. The van der Waals surface area contributed by atoms with Crippen molar-refractivity contribution in [2.75, 3.05) is 0 Å². The van der Waals surface area contributed by atoms with Crippen LogP contribution in [0.15, 0.2) is 47.4 Å². The van der Waals surface area contributed by atoms with Gasteiger partial charge in [0.15, 0.2) is 0 Å². The minimum Gasteiger partial charge on any atom is -0.268 e. The third-order valence-corrected chi connectivity index (χ3v) is 5.18. The molecule has 1 aliphatic rings. The molecule has 9 heteroatoms. The second kappa shape index (κ2) is 7.49. The summed E-state index contributed by atoms with van der Waals surface area (Å²) < 4.78 is 0. The zero-order valence-electron chi connectivity index (χ0n) is 13.0. The van der Waals surface area contributed by atoms with Gasteiger partial charge < -0.3 is 0 Å². The Kier molecular flexibility index (Phi) is 5.31. The quantitative estimate of drug-likeness (QED) is 0.397. The number of carbonyl (C=O) groups excluding carboxylic acids is 2. The summed E-state index contributed by atoms with van der Waals surface area (Å²) >= 11 is 13.0. The van der Waals surface area contributed by atoms with E-state index in [0.717, 1.165) is 16.7 Å². The highest BCUT2D eigenvalue weighted by molar-refractivity contribution is 8.18. The number of carbonyl (C=O) groups is 2. The maximum Gasteiger partial charge on any atom is 0.293 e. The van der Waals surface area contributed by atoms with Crippen molar-refractivity contribution in [1.82, 2.24) is 4.90 Å². The van der Waals surface area contributed by atoms with Gasteiger partial charge in [-0.2, -0.15) is 0 Å². The third-order valence-electron chi connectivity index (χ3n) is 3.61. The van der Waals surface area contributed by atoms with E-state index in [-0.39, 0.29) is 17.1 Å². The fourth-order valence-corrected chi connectivity index (χ4v) is 3.69. The molecule has 0 spiro atoms. The number of thioether (sulfide) groups is 1. The van der Waals surface area contributed by atoms with Gasteiger partial charge >= 0.3 is 0 Å². The smallest absolute Gasteiger partial charge is 0.268 e. The molecule has 0 unspecified atom stereocenters. The van der Waals surface area contributed by atoms with Crippen molar-refractivity contribution in [3.63, 3.8) is 0 Å². The van der Waals surface area contributed by atoms with Gasteiger partial charge in [-0.15, -0.1) is 0 Å². The summed E-state index contributed by atoms with van der Waals surface area (Å²) in [6, 6.07) is 10.7. The van der Waals surface area contributed by atoms with Gasteiger partial charge in [0.2, 0.25) is 0 Å². The number of amides is 2. The fourth-order valence-electron chi connectivity index (χ4n) is 2.37. The molecule has 1 aliphatic heterocycles. The van der Waals surface area contributed by atoms with Crippen molar-refractivity contribution in [1.29, 1.82) is 0 Å². The van der Waals surface area contributed by atoms with Crippen molar-refractivity contribution in [2.24, 2.45) is 0 Å². The van der Waals surface area contributed by atoms with Crippen LogP contribution in [0.5, 0.6) is 0 Å². The zero-order chi connectivity index (χ0) is 18.8. The Labute approximate surface area is 162 Å². The molecular weight excluding hydrogens is 399 g/mol. The van der Waals surface area contributed by atoms with Gasteiger partial charge in [-0.05, 0) is 35.5 Å². The van der Waals surface area contributed by atoms with Crippen LogP contribution in [-0.4, -0.2) is 21.0 Å². The molecule has 2 aromatic carbocycles. The molecule has 1 saturated heterocycles. The van der Waals surface area contributed by atoms with E-state index >= 15 is 0 Å². The predicted octanol–water partition coefficient (Wildman–Crippen LogP) is 5.14. The van der Waals surface area contributed by atoms with Crippen LogP contribution in [0.1, 0.15) is 11.1 Å². The lowest BCUT2D eigenvalue weighted by atomic mass is 10.2. The van der Waals surface area contributed by atoms with Crippen molar-refractivity contribution in [3.8, 4) is 0 Å². The van der Waals surface area contributed by atoms with E-state index in [0.29, 0.717) is 21.2 Å². The van der Waals surface area contributed by atoms with Crippen LogP contribution in [0.3, 0.4) is 0 Å². The Morgan fingerprint density at radius 1 is 1.12 bits per heavy atom. The van der Waals surface area contributed by atoms with Crippen molar-refractivity contribution >= 4 is 57.9 Å². The first-order valence-corrected chi connectivity index (χ1v) is 8.87. The lowest BCUT2D eigenvalue weighted by Gasteiger charge is -2.12. The average Bonchev–Trinajstić information content (AvgIpc) is 2.86. The van der Waals surface area contributed by atoms with E-state index in [1.165, 1.54) is 24.3 Å². The van der Waals surface area contributed by atoms with Crippen LogP contribution in [0.2, 0.25) is 10.0 Å². The van der Waals surface area contributed by atoms with Crippen LogP contribution >= 0.6 is 35.0 Å². The molecule has 0 saturated carbocycles. The summed E-state index contributed by atoms with van der Waals surface area (Å²) in [5.41, 5.74) is 0.836. The monoisotopic (exact) mass is 408 g/mol. The third kappa shape index (κ3) is 3.75. The molecule has 2 amide bonds. The molecule has 0 N–H and O–H groups in total. The molecule has 0 atom stereocenters. The van der Waals surface area contributed by atoms with Crippen molar-refractivity contribution in [3.05, 3.63) is 78.7 Å². The minimum atomic E-state index is -0.531. The van der Waals surface area contributed by atoms with Crippen LogP contribution < -0.4 is 0 Å². The number of halogens is 2. The minimum absolute atomic E-state index is 0.0556. The lowest BCUT2D eigenvalue weighted by molar-refractivity contribution is -0.384. The predicted molar refractivity (Wildman–Crippen MR) is 101 cm³/mol. The molecule has 1 heterocycles. The molecule has 0 radical (unpaired) electrons. The van der Waals surface area contributed by atoms with Gasteiger partial charge in [0.05, 0.1) is 16.4 Å². The van der Waals surface area contributed by atoms with E-state index < -0.39 is 16.1 Å². The number of nitro benzene ring substituents is 1. The highest BCUT2D eigenvalue weighted by Gasteiger charge is 2.35. The Morgan fingerprint density at radius 3 is 2.42 bits per heavy atom. The van der Waals surface area contributed by atoms with Gasteiger partial charge in [0, 0.05) is 27.7 Å². The topological polar surface area (TPSA) is 80.5 Å². The zero-order valence-corrected chi connectivity index (χ0v) is 15.3. The maximum atomic E-state index is 12.6. The molecule has 0 aliphatic carbocycles. The number of nitrogens with zero attached hydrogens (tertiary/aromatic N) is 2. The van der Waals surface area contributed by atoms with E-state index in [2.05, 4.69) is 0 Å². The standard InChI is InChI=1S/C17H10Cl2N2O4S/c18-13-5-2-6-14(19)12(13)8-15-16(22)20(17(23)26-15)9-10-3-1-4-11(7-10)21(24)25/h1-8H,9H2/b15-8-. The maximum absolute atomic E-state index is 12.6. The lowest BCUT2D eigenvalue weighted by Crippen LogP contribution is -2.27. The second-order valence-electron chi connectivity index (χ2n) is 5.33. The van der Waals surface area contributed by atoms with E-state index in [1.54, 1.807) is 24.3 Å². The number of nitro groups is 1. The molecule has 3 rings (SSSR count). The molecule has 0 aromatic heterocycles. The largest absolute Gasteiger partial charge is 0.293 e. The molecule has 0 bridgehead atoms. The first-order valence-electron chi connectivity index (χ1n) is 7.29. The van der Waals surface area contributed by atoms with E-state index in [9.17, 15) is 19.7 Å². The highest BCUT2D eigenvalue weighted by Crippen LogP contribution is 2.36. The van der Waals surface area contributed by atoms with E-state index in [1.807, 2.05) is 0 Å². The fraction of sp³-hybridized carbons (Fsp3) is 0.0588. The summed E-state index contributed by atoms with van der Waals surface area (Å²) in [7, 11) is 0. The van der Waals surface area contributed by atoms with E-state index in [4.69, 9.17) is 23.2 Å². The van der Waals surface area contributed by atoms with Gasteiger partial charge in [-0.1, -0.05) is 41.4 Å². The highest BCUT2D eigenvalue weighted by atomic mass is 35.5. The number of hydrogen-bond acceptors (Lipinski definition) is 5. The molecule has 6 nitrogen and oxygen atoms in total. The Balaban J connectivity index is 1.87. The normalized spacial score (nSPS) is 15.8. The average molecular weight is 409 g/mol. The first kappa shape index (κ1) is 18.4. The molecular formula is C17H10Cl2N2O4S. The van der Waals surface area contributed by atoms with Crippen molar-refractivity contribution in [2.45, 2.75) is 6.54 Å². The second-order valence-corrected chi connectivity index (χ2v) is 7.14. The Morgan fingerprint density at radius 2 is 1.77 bits per heavy atom. The van der Waals surface area contributed by atoms with Crippen LogP contribution in [-0.2, 0) is 11.3 Å². The summed E-state index contributed by atoms with van der Waals surface area (Å²) in [5, 5.41) is 11.1. The summed E-state index contributed by atoms with van der Waals surface area (Å²) in [4.78, 5) is 36.3. The summed E-state index contributed by atoms with van der Waals surface area (Å²) in [5.74, 6) is -0.498. The Hall–Kier alpha value is -2.35. The van der Waals surface area contributed by atoms with Gasteiger partial charge in [-0.3, -0.25) is 24.6 Å². The SMILES string of the molecule is O=C1S/C(=C\c2c(Cl)cccc2Cl)C(=O)N1Cc1cccc([N+](=O)[O-])c1. The van der Waals surface area contributed by atoms with Gasteiger partial charge in [0.1, 0.15) is 0 Å². The van der Waals surface area contributed by atoms with Crippen molar-refractivity contribution < 1.29 is 14.5 Å². The molecule has 132 valence electrons. The first-order chi connectivity index (χ1) is 12.4. The number of imide groups is 1. The molecule has 26 heavy (non-hydrogen) atoms. The number of benzene rings is 2. The molecule has 2 aromatic rings. The summed E-state index contributed by atoms with van der Waals surface area (Å²) in [6.07, 6.45) is 1.48. The molecule has 1 fully saturated rings. The summed E-state index contributed by atoms with van der Waals surface area (Å²) in [6.45, 7) is -0.0556. The van der Waals surface area contributed by atoms with Crippen LogP contribution in [0, 0.1) is 10.1 Å². The number of rotatable bonds is 4. The van der Waals surface area contributed by atoms with Gasteiger partial charge in [-0.25, -0.2) is 0 Å². The van der Waals surface area contributed by atoms with Crippen LogP contribution in [0.25, 0.3) is 6.08 Å². The van der Waals surface area contributed by atoms with Crippen LogP contribution in [0.4, 0.5) is 10.5 Å².